The maximum absolute atomic E-state index is 12.6. The average Bonchev–Trinajstić information content (AvgIpc) is 3.62. The van der Waals surface area contributed by atoms with Gasteiger partial charge in [-0.15, -0.1) is 0 Å². The number of carboxylic acids is 2. The summed E-state index contributed by atoms with van der Waals surface area (Å²) >= 11 is 14.0. The Balaban J connectivity index is 0.905. The van der Waals surface area contributed by atoms with Crippen LogP contribution in [0, 0.1) is 13.8 Å². The van der Waals surface area contributed by atoms with Crippen molar-refractivity contribution in [1.82, 2.24) is 20.6 Å². The summed E-state index contributed by atoms with van der Waals surface area (Å²) < 4.78 is 38.0. The van der Waals surface area contributed by atoms with Gasteiger partial charge in [-0.05, 0) is 96.5 Å². The summed E-state index contributed by atoms with van der Waals surface area (Å²) in [6.07, 6.45) is 7.29. The second kappa shape index (κ2) is 30.0. The van der Waals surface area contributed by atoms with Crippen molar-refractivity contribution >= 4 is 47.1 Å². The fourth-order valence-corrected chi connectivity index (χ4v) is 10.2. The molecular weight excluding hydrogens is 1130 g/mol. The number of carboxylic acid groups (broad SMARTS) is 2. The molecule has 8 aromatic rings. The summed E-state index contributed by atoms with van der Waals surface area (Å²) in [6.45, 7) is 9.62. The fraction of sp³-hybridized carbons (Fsp3) is 0.265. The third-order valence-electron chi connectivity index (χ3n) is 14.7. The smallest absolute Gasteiger partial charge is 0.323 e. The summed E-state index contributed by atoms with van der Waals surface area (Å²) in [7, 11) is 1.69. The third kappa shape index (κ3) is 16.9. The lowest BCUT2D eigenvalue weighted by atomic mass is 9.92. The number of rotatable bonds is 31. The first-order valence-corrected chi connectivity index (χ1v) is 28.9. The predicted octanol–water partition coefficient (Wildman–Crippen LogP) is 12.5. The lowest BCUT2D eigenvalue weighted by molar-refractivity contribution is -0.145. The van der Waals surface area contributed by atoms with E-state index in [0.717, 1.165) is 72.5 Å². The highest BCUT2D eigenvalue weighted by Crippen LogP contribution is 2.38. The Hall–Kier alpha value is -8.48. The molecule has 444 valence electrons. The maximum atomic E-state index is 12.6. The molecule has 1 aliphatic heterocycles. The lowest BCUT2D eigenvalue weighted by Crippen LogP contribution is -2.45. The van der Waals surface area contributed by atoms with E-state index < -0.39 is 36.2 Å². The number of aromatic nitrogens is 2. The van der Waals surface area contributed by atoms with E-state index >= 15 is 0 Å². The zero-order valence-corrected chi connectivity index (χ0v) is 50.0. The van der Waals surface area contributed by atoms with Crippen LogP contribution in [-0.2, 0) is 71.8 Å². The Morgan fingerprint density at radius 3 is 1.45 bits per heavy atom. The van der Waals surface area contributed by atoms with Gasteiger partial charge in [-0.1, -0.05) is 120 Å². The Morgan fingerprint density at radius 2 is 1.00 bits per heavy atom. The Morgan fingerprint density at radius 1 is 0.547 bits per heavy atom. The van der Waals surface area contributed by atoms with E-state index in [1.807, 2.05) is 97.1 Å². The SMILES string of the molecule is CN=Cc1cncc(COc2cc(OCc3cccc(-c4cccc(COc5cc(OCc6cncc(C7=NC7)c6)c(CN[C@@H](C(=O)O)[C@H](C)OCc6ccccc6)cc5Cl)c4C)c3C)c(Cl)cc2CN[C@@H](C(=O)O)[C@H](C)OCc2ccccc2)c1. The highest BCUT2D eigenvalue weighted by molar-refractivity contribution is 6.32. The average molecular weight is 1200 g/mol. The number of halogens is 2. The van der Waals surface area contributed by atoms with Crippen LogP contribution < -0.4 is 29.6 Å². The molecule has 0 radical (unpaired) electrons. The first kappa shape index (κ1) is 62.1. The van der Waals surface area contributed by atoms with Crippen molar-refractivity contribution in [2.45, 2.75) is 105 Å². The minimum absolute atomic E-state index is 0.0942. The van der Waals surface area contributed by atoms with Crippen molar-refractivity contribution in [3.05, 3.63) is 235 Å². The molecule has 0 bridgehead atoms. The van der Waals surface area contributed by atoms with E-state index in [-0.39, 0.29) is 52.7 Å². The minimum Gasteiger partial charge on any atom is -0.488 e. The molecule has 2 aromatic heterocycles. The van der Waals surface area contributed by atoms with Crippen molar-refractivity contribution in [1.29, 1.82) is 0 Å². The predicted molar refractivity (Wildman–Crippen MR) is 333 cm³/mol. The van der Waals surface area contributed by atoms with Crippen molar-refractivity contribution in [2.75, 3.05) is 13.6 Å². The highest BCUT2D eigenvalue weighted by Gasteiger charge is 2.28. The van der Waals surface area contributed by atoms with Crippen LogP contribution in [0.4, 0.5) is 0 Å². The second-order valence-corrected chi connectivity index (χ2v) is 21.7. The van der Waals surface area contributed by atoms with Gasteiger partial charge in [-0.3, -0.25) is 40.2 Å². The molecule has 0 amide bonds. The molecule has 18 heteroatoms. The zero-order chi connectivity index (χ0) is 60.5. The number of nitrogens with zero attached hydrogens (tertiary/aromatic N) is 4. The highest BCUT2D eigenvalue weighted by atomic mass is 35.5. The van der Waals surface area contributed by atoms with Gasteiger partial charge in [0.25, 0.3) is 0 Å². The first-order chi connectivity index (χ1) is 41.7. The molecule has 9 rings (SSSR count). The molecule has 0 aliphatic carbocycles. The molecule has 0 spiro atoms. The normalized spacial score (nSPS) is 13.4. The van der Waals surface area contributed by atoms with Crippen molar-refractivity contribution in [3.8, 4) is 34.1 Å². The molecule has 0 saturated heterocycles. The summed E-state index contributed by atoms with van der Waals surface area (Å²) in [4.78, 5) is 42.4. The van der Waals surface area contributed by atoms with Crippen LogP contribution in [0.25, 0.3) is 11.1 Å². The Labute approximate surface area is 510 Å². The van der Waals surface area contributed by atoms with Gasteiger partial charge < -0.3 is 38.6 Å². The van der Waals surface area contributed by atoms with Gasteiger partial charge in [0, 0.05) is 96.7 Å². The van der Waals surface area contributed by atoms with Gasteiger partial charge in [0.2, 0.25) is 0 Å². The summed E-state index contributed by atoms with van der Waals surface area (Å²) in [5.41, 5.74) is 13.3. The largest absolute Gasteiger partial charge is 0.488 e. The zero-order valence-electron chi connectivity index (χ0n) is 48.5. The number of hydrogen-bond donors (Lipinski definition) is 4. The van der Waals surface area contributed by atoms with Gasteiger partial charge in [-0.2, -0.15) is 0 Å². The molecular formula is C68H68Cl2N6O10. The van der Waals surface area contributed by atoms with Crippen LogP contribution in [0.5, 0.6) is 23.0 Å². The van der Waals surface area contributed by atoms with Gasteiger partial charge >= 0.3 is 11.9 Å². The van der Waals surface area contributed by atoms with E-state index in [4.69, 9.17) is 51.6 Å². The lowest BCUT2D eigenvalue weighted by Gasteiger charge is -2.23. The molecule has 1 aliphatic rings. The summed E-state index contributed by atoms with van der Waals surface area (Å²) in [6, 6.07) is 40.1. The molecule has 0 fully saturated rings. The summed E-state index contributed by atoms with van der Waals surface area (Å²) in [5, 5.41) is 27.5. The number of nitrogens with one attached hydrogen (secondary N) is 2. The van der Waals surface area contributed by atoms with E-state index in [2.05, 4.69) is 56.6 Å². The molecule has 0 unspecified atom stereocenters. The monoisotopic (exact) mass is 1200 g/mol. The van der Waals surface area contributed by atoms with Crippen molar-refractivity contribution in [2.24, 2.45) is 9.98 Å². The van der Waals surface area contributed by atoms with Gasteiger partial charge in [0.15, 0.2) is 0 Å². The van der Waals surface area contributed by atoms with Gasteiger partial charge in [0.1, 0.15) is 61.5 Å². The van der Waals surface area contributed by atoms with E-state index in [9.17, 15) is 19.8 Å². The topological polar surface area (TPSA) is 205 Å². The number of pyridine rings is 2. The maximum Gasteiger partial charge on any atom is 0.323 e. The number of carbonyl (C=O) groups is 2. The molecule has 86 heavy (non-hydrogen) atoms. The summed E-state index contributed by atoms with van der Waals surface area (Å²) in [5.74, 6) is -0.474. The Bertz CT molecular complexity index is 3700. The van der Waals surface area contributed by atoms with Gasteiger partial charge in [-0.25, -0.2) is 0 Å². The molecule has 3 heterocycles. The number of aliphatic carboxylic acids is 2. The standard InChI is InChI=1S/C68H68Cl2N6O10/c1-42-51(40-85-63-26-61(83-38-49-22-48(28-71-5)29-72-30-49)54(24-58(63)69)33-75-65(67(77)78)44(3)81-36-46-14-8-6-9-15-46)18-12-20-56(42)57-21-13-19-52(43(57)2)41-86-64-27-62(84-39-50-23-53(32-73-31-50)60-35-74-60)55(25-59(64)70)34-76-66(68(79)80)45(4)82-37-47-16-10-7-11-17-47/h6-32,44-45,65-66,75-76H,33-41H2,1-5H3,(H,77,78)(H,79,80)/t44-,45-,65+,66+/m0/s1. The molecule has 6 aromatic carbocycles. The van der Waals surface area contributed by atoms with E-state index in [1.54, 1.807) is 76.2 Å². The van der Waals surface area contributed by atoms with Crippen LogP contribution >= 0.6 is 23.2 Å². The first-order valence-electron chi connectivity index (χ1n) is 28.1. The number of benzene rings is 6. The Kier molecular flexibility index (Phi) is 21.7. The molecule has 16 nitrogen and oxygen atoms in total. The van der Waals surface area contributed by atoms with Crippen LogP contribution in [0.15, 0.2) is 168 Å². The number of aliphatic imine (C=N–C) groups is 2. The third-order valence-corrected chi connectivity index (χ3v) is 15.3. The van der Waals surface area contributed by atoms with Crippen molar-refractivity contribution in [3.63, 3.8) is 0 Å². The second-order valence-electron chi connectivity index (χ2n) is 20.9. The van der Waals surface area contributed by atoms with Crippen molar-refractivity contribution < 1.29 is 48.2 Å². The molecule has 0 saturated carbocycles. The van der Waals surface area contributed by atoms with E-state index in [1.165, 1.54) is 0 Å². The molecule has 4 N–H and O–H groups in total. The van der Waals surface area contributed by atoms with Crippen LogP contribution in [0.2, 0.25) is 10.0 Å². The number of ether oxygens (including phenoxy) is 6. The van der Waals surface area contributed by atoms with Crippen LogP contribution in [0.1, 0.15) is 80.6 Å². The fourth-order valence-electron chi connectivity index (χ4n) is 9.71. The van der Waals surface area contributed by atoms with Gasteiger partial charge in [0.05, 0.1) is 47.7 Å². The number of hydrogen-bond acceptors (Lipinski definition) is 14. The van der Waals surface area contributed by atoms with Crippen LogP contribution in [0.3, 0.4) is 0 Å². The van der Waals surface area contributed by atoms with Crippen LogP contribution in [-0.4, -0.2) is 81.9 Å². The minimum atomic E-state index is -1.06. The molecule has 4 atom stereocenters. The van der Waals surface area contributed by atoms with E-state index in [0.29, 0.717) is 50.7 Å². The quantitative estimate of drug-likeness (QED) is 0.0299.